The van der Waals surface area contributed by atoms with E-state index >= 15 is 0 Å². The first-order chi connectivity index (χ1) is 8.86. The van der Waals surface area contributed by atoms with E-state index in [1.54, 1.807) is 0 Å². The van der Waals surface area contributed by atoms with E-state index in [1.807, 2.05) is 0 Å². The summed E-state index contributed by atoms with van der Waals surface area (Å²) in [5.41, 5.74) is 7.01. The third-order valence-corrected chi connectivity index (χ3v) is 4.17. The van der Waals surface area contributed by atoms with Crippen molar-refractivity contribution in [2.24, 2.45) is 0 Å². The second-order valence-electron chi connectivity index (χ2n) is 5.09. The molecule has 88 valence electrons. The van der Waals surface area contributed by atoms with Gasteiger partial charge in [-0.05, 0) is 29.2 Å². The van der Waals surface area contributed by atoms with Gasteiger partial charge in [-0.15, -0.1) is 0 Å². The lowest BCUT2D eigenvalue weighted by atomic mass is 9.81. The molecule has 1 aliphatic heterocycles. The zero-order valence-corrected chi connectivity index (χ0v) is 10.4. The average molecular weight is 233 g/mol. The highest BCUT2D eigenvalue weighted by Crippen LogP contribution is 2.47. The van der Waals surface area contributed by atoms with Crippen molar-refractivity contribution in [1.82, 2.24) is 0 Å². The van der Waals surface area contributed by atoms with E-state index in [-0.39, 0.29) is 0 Å². The van der Waals surface area contributed by atoms with E-state index in [0.717, 1.165) is 6.42 Å². The molecule has 2 aromatic rings. The molecule has 0 aromatic heterocycles. The molecule has 4 rings (SSSR count). The van der Waals surface area contributed by atoms with Gasteiger partial charge in [0.2, 0.25) is 0 Å². The van der Waals surface area contributed by atoms with E-state index in [2.05, 4.69) is 66.6 Å². The van der Waals surface area contributed by atoms with Crippen LogP contribution in [0.25, 0.3) is 17.2 Å². The molecule has 0 saturated carbocycles. The highest BCUT2D eigenvalue weighted by Gasteiger charge is 2.30. The summed E-state index contributed by atoms with van der Waals surface area (Å²) in [6, 6.07) is 15.9. The van der Waals surface area contributed by atoms with E-state index in [1.165, 1.54) is 27.9 Å². The minimum Gasteiger partial charge on any atom is -0.367 e. The Balaban J connectivity index is 2.10. The predicted octanol–water partition coefficient (Wildman–Crippen LogP) is 4.26. The van der Waals surface area contributed by atoms with Crippen molar-refractivity contribution in [3.05, 3.63) is 59.7 Å². The Labute approximate surface area is 107 Å². The van der Waals surface area contributed by atoms with Gasteiger partial charge < -0.3 is 4.90 Å². The van der Waals surface area contributed by atoms with Crippen molar-refractivity contribution in [3.63, 3.8) is 0 Å². The summed E-state index contributed by atoms with van der Waals surface area (Å²) in [5, 5.41) is 0. The highest BCUT2D eigenvalue weighted by atomic mass is 15.1. The van der Waals surface area contributed by atoms with E-state index in [0.29, 0.717) is 6.04 Å². The Morgan fingerprint density at radius 1 is 1.00 bits per heavy atom. The predicted molar refractivity (Wildman–Crippen MR) is 76.7 cm³/mol. The maximum absolute atomic E-state index is 2.42. The van der Waals surface area contributed by atoms with Crippen LogP contribution in [0, 0.1) is 0 Å². The minimum atomic E-state index is 0.496. The van der Waals surface area contributed by atoms with Crippen molar-refractivity contribution in [1.29, 1.82) is 0 Å². The second kappa shape index (κ2) is 3.49. The zero-order chi connectivity index (χ0) is 12.1. The molecule has 0 fully saturated rings. The summed E-state index contributed by atoms with van der Waals surface area (Å²) < 4.78 is 0. The number of rotatable bonds is 0. The molecule has 0 spiro atoms. The third kappa shape index (κ3) is 1.16. The molecule has 0 unspecified atom stereocenters. The number of benzene rings is 2. The maximum atomic E-state index is 2.42. The van der Waals surface area contributed by atoms with E-state index in [9.17, 15) is 0 Å². The molecule has 0 saturated heterocycles. The van der Waals surface area contributed by atoms with Gasteiger partial charge in [-0.2, -0.15) is 0 Å². The normalized spacial score (nSPS) is 19.4. The number of anilines is 1. The van der Waals surface area contributed by atoms with Gasteiger partial charge in [0.25, 0.3) is 0 Å². The number of para-hydroxylation sites is 1. The first kappa shape index (κ1) is 9.95. The van der Waals surface area contributed by atoms with Gasteiger partial charge in [0, 0.05) is 18.3 Å². The van der Waals surface area contributed by atoms with Gasteiger partial charge in [-0.3, -0.25) is 0 Å². The standard InChI is InChI=1S/C17H15N/c1-18-15-10-3-2-8-13(15)14-9-4-6-12-7-5-11-16(18)17(12)14/h2-10,16H,11H2,1H3/t16-/m1/s1. The topological polar surface area (TPSA) is 3.24 Å². The van der Waals surface area contributed by atoms with Crippen molar-refractivity contribution in [2.45, 2.75) is 12.5 Å². The summed E-state index contributed by atoms with van der Waals surface area (Å²) in [7, 11) is 2.21. The molecule has 0 radical (unpaired) electrons. The SMILES string of the molecule is CN1c2ccccc2-c2cccc3c2[C@H]1CC=C3. The molecule has 2 aromatic carbocycles. The van der Waals surface area contributed by atoms with Gasteiger partial charge in [-0.1, -0.05) is 48.6 Å². The Bertz CT molecular complexity index is 654. The Hall–Kier alpha value is -2.02. The van der Waals surface area contributed by atoms with Crippen LogP contribution in [0.3, 0.4) is 0 Å². The number of hydrogen-bond donors (Lipinski definition) is 0. The van der Waals surface area contributed by atoms with Crippen LogP contribution in [-0.2, 0) is 0 Å². The number of nitrogens with zero attached hydrogens (tertiary/aromatic N) is 1. The lowest BCUT2D eigenvalue weighted by Gasteiger charge is -2.39. The highest BCUT2D eigenvalue weighted by molar-refractivity contribution is 5.87. The van der Waals surface area contributed by atoms with Crippen LogP contribution in [0.5, 0.6) is 0 Å². The smallest absolute Gasteiger partial charge is 0.0585 e. The van der Waals surface area contributed by atoms with Crippen LogP contribution in [0.1, 0.15) is 23.6 Å². The lowest BCUT2D eigenvalue weighted by Crippen LogP contribution is -2.29. The molecular formula is C17H15N. The first-order valence-corrected chi connectivity index (χ1v) is 6.48. The second-order valence-corrected chi connectivity index (χ2v) is 5.09. The van der Waals surface area contributed by atoms with Gasteiger partial charge >= 0.3 is 0 Å². The van der Waals surface area contributed by atoms with Crippen LogP contribution in [0.15, 0.2) is 48.5 Å². The van der Waals surface area contributed by atoms with Gasteiger partial charge in [0.1, 0.15) is 0 Å². The fourth-order valence-corrected chi connectivity index (χ4v) is 3.31. The van der Waals surface area contributed by atoms with E-state index < -0.39 is 0 Å². The Morgan fingerprint density at radius 2 is 1.83 bits per heavy atom. The number of fused-ring (bicyclic) bond motifs is 2. The van der Waals surface area contributed by atoms with Gasteiger partial charge in [0.05, 0.1) is 6.04 Å². The van der Waals surface area contributed by atoms with Crippen molar-refractivity contribution in [2.75, 3.05) is 11.9 Å². The molecule has 1 heterocycles. The van der Waals surface area contributed by atoms with E-state index in [4.69, 9.17) is 0 Å². The fraction of sp³-hybridized carbons (Fsp3) is 0.176. The largest absolute Gasteiger partial charge is 0.367 e. The molecule has 1 atom stereocenters. The molecule has 1 nitrogen and oxygen atoms in total. The summed E-state index contributed by atoms with van der Waals surface area (Å²) in [4.78, 5) is 2.42. The maximum Gasteiger partial charge on any atom is 0.0585 e. The van der Waals surface area contributed by atoms with Crippen LogP contribution >= 0.6 is 0 Å². The average Bonchev–Trinajstić information content (AvgIpc) is 2.44. The molecule has 1 aliphatic carbocycles. The van der Waals surface area contributed by atoms with Crippen LogP contribution in [0.4, 0.5) is 5.69 Å². The summed E-state index contributed by atoms with van der Waals surface area (Å²) in [6.07, 6.45) is 5.66. The number of hydrogen-bond acceptors (Lipinski definition) is 1. The Morgan fingerprint density at radius 3 is 2.78 bits per heavy atom. The van der Waals surface area contributed by atoms with Crippen LogP contribution in [-0.4, -0.2) is 7.05 Å². The van der Waals surface area contributed by atoms with Crippen molar-refractivity contribution < 1.29 is 0 Å². The first-order valence-electron chi connectivity index (χ1n) is 6.48. The molecule has 0 bridgehead atoms. The van der Waals surface area contributed by atoms with Crippen LogP contribution in [0.2, 0.25) is 0 Å². The monoisotopic (exact) mass is 233 g/mol. The van der Waals surface area contributed by atoms with Gasteiger partial charge in [-0.25, -0.2) is 0 Å². The molecule has 0 amide bonds. The molecule has 2 aliphatic rings. The summed E-state index contributed by atoms with van der Waals surface area (Å²) >= 11 is 0. The lowest BCUT2D eigenvalue weighted by molar-refractivity contribution is 0.669. The molecular weight excluding hydrogens is 218 g/mol. The molecule has 1 heteroatoms. The van der Waals surface area contributed by atoms with Crippen LogP contribution < -0.4 is 4.90 Å². The summed E-state index contributed by atoms with van der Waals surface area (Å²) in [6.45, 7) is 0. The van der Waals surface area contributed by atoms with Crippen molar-refractivity contribution in [3.8, 4) is 11.1 Å². The molecule has 18 heavy (non-hydrogen) atoms. The minimum absolute atomic E-state index is 0.496. The Kier molecular flexibility index (Phi) is 1.93. The zero-order valence-electron chi connectivity index (χ0n) is 10.4. The fourth-order valence-electron chi connectivity index (χ4n) is 3.31. The summed E-state index contributed by atoms with van der Waals surface area (Å²) in [5.74, 6) is 0. The quantitative estimate of drug-likeness (QED) is 0.657. The van der Waals surface area contributed by atoms with Crippen molar-refractivity contribution >= 4 is 11.8 Å². The van der Waals surface area contributed by atoms with Gasteiger partial charge in [0.15, 0.2) is 0 Å². The molecule has 0 N–H and O–H groups in total. The third-order valence-electron chi connectivity index (χ3n) is 4.17.